The Bertz CT molecular complexity index is 1710. The van der Waals surface area contributed by atoms with Gasteiger partial charge in [0.15, 0.2) is 0 Å². The summed E-state index contributed by atoms with van der Waals surface area (Å²) in [7, 11) is 0. The summed E-state index contributed by atoms with van der Waals surface area (Å²) in [5.41, 5.74) is 8.68. The molecule has 0 saturated heterocycles. The van der Waals surface area contributed by atoms with E-state index in [0.29, 0.717) is 0 Å². The molecule has 4 aromatic carbocycles. The fraction of sp³-hybridized carbons (Fsp3) is 0.167. The Morgan fingerprint density at radius 3 is 1.40 bits per heavy atom. The van der Waals surface area contributed by atoms with E-state index in [1.807, 2.05) is 85.2 Å². The lowest BCUT2D eigenvalue weighted by Gasteiger charge is -2.01. The highest BCUT2D eigenvalue weighted by atomic mass is 16.4. The maximum absolute atomic E-state index is 6.19. The predicted molar refractivity (Wildman–Crippen MR) is 170 cm³/mol. The molecular weight excluding hydrogens is 520 g/mol. The summed E-state index contributed by atoms with van der Waals surface area (Å²) in [6.07, 6.45) is 9.70. The minimum Gasteiger partial charge on any atom is -0.398 e. The Balaban J connectivity index is 1.17. The van der Waals surface area contributed by atoms with Crippen LogP contribution in [0.4, 0.5) is 11.4 Å². The maximum atomic E-state index is 6.19. The van der Waals surface area contributed by atoms with E-state index in [1.165, 1.54) is 11.1 Å². The fourth-order valence-corrected chi connectivity index (χ4v) is 5.28. The van der Waals surface area contributed by atoms with E-state index in [9.17, 15) is 0 Å². The minimum atomic E-state index is 0.825. The molecule has 0 saturated carbocycles. The molecule has 0 fully saturated rings. The summed E-state index contributed by atoms with van der Waals surface area (Å²) in [6.45, 7) is 5.95. The molecule has 2 aromatic heterocycles. The molecule has 0 aliphatic rings. The number of benzene rings is 4. The molecule has 6 rings (SSSR count). The first-order valence-electron chi connectivity index (χ1n) is 14.6. The van der Waals surface area contributed by atoms with E-state index >= 15 is 0 Å². The summed E-state index contributed by atoms with van der Waals surface area (Å²) >= 11 is 0. The predicted octanol–water partition coefficient (Wildman–Crippen LogP) is 7.74. The van der Waals surface area contributed by atoms with Crippen LogP contribution in [0.2, 0.25) is 0 Å². The molecule has 0 bridgehead atoms. The van der Waals surface area contributed by atoms with Gasteiger partial charge in [0.25, 0.3) is 11.0 Å². The molecule has 0 unspecified atom stereocenters. The van der Waals surface area contributed by atoms with Crippen molar-refractivity contribution in [2.45, 2.75) is 39.8 Å². The first-order chi connectivity index (χ1) is 20.7. The van der Waals surface area contributed by atoms with Crippen LogP contribution >= 0.6 is 0 Å². The van der Waals surface area contributed by atoms with Crippen molar-refractivity contribution >= 4 is 45.7 Å². The smallest absolute Gasteiger partial charge is 0.375 e. The van der Waals surface area contributed by atoms with Gasteiger partial charge in [0.2, 0.25) is 11.2 Å². The van der Waals surface area contributed by atoms with Crippen molar-refractivity contribution in [1.82, 2.24) is 0 Å². The molecule has 0 aliphatic carbocycles. The van der Waals surface area contributed by atoms with E-state index < -0.39 is 0 Å². The van der Waals surface area contributed by atoms with E-state index in [1.54, 1.807) is 0 Å². The van der Waals surface area contributed by atoms with Gasteiger partial charge >= 0.3 is 11.8 Å². The van der Waals surface area contributed by atoms with Gasteiger partial charge in [-0.05, 0) is 74.2 Å². The van der Waals surface area contributed by atoms with Crippen LogP contribution in [-0.2, 0) is 25.9 Å². The summed E-state index contributed by atoms with van der Waals surface area (Å²) < 4.78 is 16.8. The van der Waals surface area contributed by atoms with Gasteiger partial charge in [-0.2, -0.15) is 9.13 Å². The second kappa shape index (κ2) is 12.6. The number of aryl methyl sites for hydroxylation is 4. The summed E-state index contributed by atoms with van der Waals surface area (Å²) in [6, 6.07) is 33.3. The highest BCUT2D eigenvalue weighted by Gasteiger charge is 2.21. The number of oxazole rings is 2. The summed E-state index contributed by atoms with van der Waals surface area (Å²) in [5, 5.41) is 6.62. The molecule has 0 spiro atoms. The molecule has 6 aromatic rings. The number of hydrogen-bond acceptors (Lipinski definition) is 4. The first kappa shape index (κ1) is 27.1. The maximum Gasteiger partial charge on any atom is 0.375 e. The second-order valence-corrected chi connectivity index (χ2v) is 10.2. The zero-order chi connectivity index (χ0) is 28.7. The Hall–Kier alpha value is -5.10. The zero-order valence-corrected chi connectivity index (χ0v) is 24.1. The largest absolute Gasteiger partial charge is 0.398 e. The van der Waals surface area contributed by atoms with Gasteiger partial charge in [0.1, 0.15) is 13.1 Å². The molecule has 0 aliphatic heterocycles. The van der Waals surface area contributed by atoms with Crippen molar-refractivity contribution in [3.63, 3.8) is 0 Å². The van der Waals surface area contributed by atoms with Crippen molar-refractivity contribution in [3.8, 4) is 0 Å². The number of anilines is 2. The summed E-state index contributed by atoms with van der Waals surface area (Å²) in [5.74, 6) is 1.65. The Morgan fingerprint density at radius 1 is 0.571 bits per heavy atom. The van der Waals surface area contributed by atoms with Crippen LogP contribution in [0.15, 0.2) is 118 Å². The SMILES string of the molecule is CC[n+]1c(C=CNc2ccccc2)oc2ccc(CCc3ccc4oc(C=CNc5ccccc5)[n+](CC)c4c3)cc21. The molecule has 6 heteroatoms. The molecule has 42 heavy (non-hydrogen) atoms. The number of rotatable bonds is 11. The minimum absolute atomic E-state index is 0.825. The quantitative estimate of drug-likeness (QED) is 0.160. The van der Waals surface area contributed by atoms with Crippen LogP contribution < -0.4 is 19.8 Å². The van der Waals surface area contributed by atoms with Gasteiger partial charge in [-0.15, -0.1) is 0 Å². The number of para-hydroxylation sites is 2. The van der Waals surface area contributed by atoms with Crippen molar-refractivity contribution in [3.05, 3.63) is 132 Å². The van der Waals surface area contributed by atoms with Gasteiger partial charge in [0, 0.05) is 35.9 Å². The normalized spacial score (nSPS) is 11.8. The first-order valence-corrected chi connectivity index (χ1v) is 14.6. The van der Waals surface area contributed by atoms with Crippen molar-refractivity contribution in [2.75, 3.05) is 10.6 Å². The molecule has 210 valence electrons. The van der Waals surface area contributed by atoms with E-state index in [0.717, 1.165) is 71.3 Å². The molecular formula is C36H36N4O2+2. The monoisotopic (exact) mass is 556 g/mol. The van der Waals surface area contributed by atoms with Gasteiger partial charge in [-0.3, -0.25) is 0 Å². The topological polar surface area (TPSA) is 58.1 Å². The van der Waals surface area contributed by atoms with E-state index in [-0.39, 0.29) is 0 Å². The standard InChI is InChI=1S/C36H34N4O2/c1-3-39-31-25-27(17-19-33(31)41-35(39)21-23-37-29-11-7-5-8-12-29)15-16-28-18-20-34-32(26-28)40(4-2)36(42-34)22-24-38-30-13-9-6-10-14-30/h5-14,17-26H,3-4,15-16H2,1-2H3/p+2. The average Bonchev–Trinajstić information content (AvgIpc) is 3.57. The highest BCUT2D eigenvalue weighted by molar-refractivity contribution is 5.72. The Morgan fingerprint density at radius 2 is 1.00 bits per heavy atom. The number of nitrogens with one attached hydrogen (secondary N) is 2. The van der Waals surface area contributed by atoms with Gasteiger partial charge < -0.3 is 19.5 Å². The lowest BCUT2D eigenvalue weighted by molar-refractivity contribution is -0.674. The highest BCUT2D eigenvalue weighted by Crippen LogP contribution is 2.21. The van der Waals surface area contributed by atoms with Gasteiger partial charge in [-0.1, -0.05) is 48.5 Å². The fourth-order valence-electron chi connectivity index (χ4n) is 5.28. The van der Waals surface area contributed by atoms with E-state index in [4.69, 9.17) is 8.83 Å². The molecule has 2 heterocycles. The van der Waals surface area contributed by atoms with Gasteiger partial charge in [-0.25, -0.2) is 0 Å². The van der Waals surface area contributed by atoms with Crippen LogP contribution in [0.25, 0.3) is 34.4 Å². The zero-order valence-electron chi connectivity index (χ0n) is 24.1. The number of aromatic nitrogens is 2. The van der Waals surface area contributed by atoms with Crippen molar-refractivity contribution < 1.29 is 18.0 Å². The third kappa shape index (κ3) is 5.98. The second-order valence-electron chi connectivity index (χ2n) is 10.2. The number of fused-ring (bicyclic) bond motifs is 2. The van der Waals surface area contributed by atoms with Gasteiger partial charge in [0.05, 0.1) is 12.2 Å². The lowest BCUT2D eigenvalue weighted by atomic mass is 10.0. The average molecular weight is 557 g/mol. The molecule has 0 amide bonds. The van der Waals surface area contributed by atoms with Crippen molar-refractivity contribution in [1.29, 1.82) is 0 Å². The van der Waals surface area contributed by atoms with Crippen LogP contribution in [-0.4, -0.2) is 0 Å². The van der Waals surface area contributed by atoms with Crippen LogP contribution in [0.3, 0.4) is 0 Å². The lowest BCUT2D eigenvalue weighted by Crippen LogP contribution is -2.33. The Kier molecular flexibility index (Phi) is 8.13. The third-order valence-corrected chi connectivity index (χ3v) is 7.42. The summed E-state index contributed by atoms with van der Waals surface area (Å²) in [4.78, 5) is 0. The van der Waals surface area contributed by atoms with Crippen LogP contribution in [0.1, 0.15) is 36.8 Å². The van der Waals surface area contributed by atoms with Crippen LogP contribution in [0, 0.1) is 0 Å². The molecule has 0 atom stereocenters. The molecule has 6 nitrogen and oxygen atoms in total. The van der Waals surface area contributed by atoms with Crippen LogP contribution in [0.5, 0.6) is 0 Å². The number of hydrogen-bond donors (Lipinski definition) is 2. The molecule has 2 N–H and O–H groups in total. The van der Waals surface area contributed by atoms with E-state index in [2.05, 4.69) is 70.0 Å². The third-order valence-electron chi connectivity index (χ3n) is 7.42. The number of nitrogens with zero attached hydrogens (tertiary/aromatic N) is 2. The Labute approximate surface area is 246 Å². The van der Waals surface area contributed by atoms with Crippen molar-refractivity contribution in [2.24, 2.45) is 0 Å². The molecule has 0 radical (unpaired) electrons.